The lowest BCUT2D eigenvalue weighted by atomic mass is 10.1. The minimum atomic E-state index is -0.174. The van der Waals surface area contributed by atoms with E-state index in [1.54, 1.807) is 21.7 Å². The lowest BCUT2D eigenvalue weighted by Gasteiger charge is -2.23. The summed E-state index contributed by atoms with van der Waals surface area (Å²) in [4.78, 5) is 31.0. The van der Waals surface area contributed by atoms with E-state index in [4.69, 9.17) is 5.26 Å². The predicted molar refractivity (Wildman–Crippen MR) is 144 cm³/mol. The Kier molecular flexibility index (Phi) is 7.02. The SMILES string of the molecule is CC(=O)NC[C@H]1CCCN1C(=O)c1nnc(-c2cnc(-c3ccc4cc(C#N)cnn34)cc2NC(C)C)s1. The highest BCUT2D eigenvalue weighted by Gasteiger charge is 2.31. The van der Waals surface area contributed by atoms with E-state index in [0.29, 0.717) is 34.4 Å². The topological polar surface area (TPSA) is 141 Å². The highest BCUT2D eigenvalue weighted by molar-refractivity contribution is 7.16. The molecule has 1 atom stereocenters. The fourth-order valence-corrected chi connectivity index (χ4v) is 5.39. The van der Waals surface area contributed by atoms with Crippen LogP contribution in [0.25, 0.3) is 27.5 Å². The monoisotopic (exact) mass is 529 g/mol. The molecule has 0 aliphatic carbocycles. The van der Waals surface area contributed by atoms with Crippen LogP contribution in [0.2, 0.25) is 0 Å². The largest absolute Gasteiger partial charge is 0.382 e. The number of hydrogen-bond acceptors (Lipinski definition) is 9. The van der Waals surface area contributed by atoms with Crippen molar-refractivity contribution in [3.63, 3.8) is 0 Å². The maximum atomic E-state index is 13.2. The number of nitrogens with zero attached hydrogens (tertiary/aromatic N) is 7. The van der Waals surface area contributed by atoms with Crippen molar-refractivity contribution in [2.24, 2.45) is 0 Å². The molecule has 1 aliphatic rings. The number of hydrogen-bond donors (Lipinski definition) is 2. The first-order chi connectivity index (χ1) is 18.3. The molecular weight excluding hydrogens is 502 g/mol. The van der Waals surface area contributed by atoms with E-state index in [1.165, 1.54) is 24.5 Å². The molecule has 11 nitrogen and oxygen atoms in total. The van der Waals surface area contributed by atoms with E-state index < -0.39 is 0 Å². The molecule has 2 amide bonds. The summed E-state index contributed by atoms with van der Waals surface area (Å²) in [6.45, 7) is 6.61. The Morgan fingerprint density at radius 1 is 1.24 bits per heavy atom. The third kappa shape index (κ3) is 5.05. The van der Waals surface area contributed by atoms with Crippen molar-refractivity contribution in [2.45, 2.75) is 45.7 Å². The maximum Gasteiger partial charge on any atom is 0.285 e. The van der Waals surface area contributed by atoms with Crippen LogP contribution in [-0.4, -0.2) is 66.7 Å². The number of rotatable bonds is 7. The maximum absolute atomic E-state index is 13.2. The second kappa shape index (κ2) is 10.5. The minimum Gasteiger partial charge on any atom is -0.382 e. The van der Waals surface area contributed by atoms with Crippen molar-refractivity contribution in [3.8, 4) is 28.0 Å². The quantitative estimate of drug-likeness (QED) is 0.371. The molecule has 1 fully saturated rings. The van der Waals surface area contributed by atoms with E-state index in [0.717, 1.165) is 35.3 Å². The third-order valence-corrected chi connectivity index (χ3v) is 7.25. The van der Waals surface area contributed by atoms with E-state index in [1.807, 2.05) is 32.0 Å². The van der Waals surface area contributed by atoms with Crippen molar-refractivity contribution >= 4 is 34.4 Å². The van der Waals surface area contributed by atoms with Crippen LogP contribution in [0.5, 0.6) is 0 Å². The lowest BCUT2D eigenvalue weighted by molar-refractivity contribution is -0.119. The Morgan fingerprint density at radius 3 is 2.84 bits per heavy atom. The van der Waals surface area contributed by atoms with E-state index in [9.17, 15) is 9.59 Å². The molecule has 4 aromatic heterocycles. The predicted octanol–water partition coefficient (Wildman–Crippen LogP) is 3.35. The van der Waals surface area contributed by atoms with Gasteiger partial charge in [0.05, 0.1) is 34.2 Å². The van der Waals surface area contributed by atoms with Crippen LogP contribution in [0.4, 0.5) is 5.69 Å². The number of pyridine rings is 1. The van der Waals surface area contributed by atoms with Crippen molar-refractivity contribution in [3.05, 3.63) is 47.2 Å². The van der Waals surface area contributed by atoms with Gasteiger partial charge in [0.25, 0.3) is 5.91 Å². The number of amides is 2. The molecule has 12 heteroatoms. The Morgan fingerprint density at radius 2 is 2.08 bits per heavy atom. The molecule has 194 valence electrons. The first-order valence-corrected chi connectivity index (χ1v) is 13.2. The second-order valence-electron chi connectivity index (χ2n) is 9.47. The molecule has 4 aromatic rings. The highest BCUT2D eigenvalue weighted by Crippen LogP contribution is 2.34. The normalized spacial score (nSPS) is 15.1. The first-order valence-electron chi connectivity index (χ1n) is 12.4. The van der Waals surface area contributed by atoms with Gasteiger partial charge in [0.1, 0.15) is 6.07 Å². The molecule has 0 bridgehead atoms. The number of likely N-dealkylation sites (tertiary alicyclic amines) is 1. The molecule has 5 rings (SSSR count). The zero-order valence-electron chi connectivity index (χ0n) is 21.3. The van der Waals surface area contributed by atoms with Crippen molar-refractivity contribution in [2.75, 3.05) is 18.4 Å². The van der Waals surface area contributed by atoms with Gasteiger partial charge in [0.2, 0.25) is 10.9 Å². The molecule has 2 N–H and O–H groups in total. The fraction of sp³-hybridized carbons (Fsp3) is 0.346. The van der Waals surface area contributed by atoms with Crippen LogP contribution in [0.1, 0.15) is 49.0 Å². The Hall–Kier alpha value is -4.37. The van der Waals surface area contributed by atoms with Gasteiger partial charge >= 0.3 is 0 Å². The van der Waals surface area contributed by atoms with Crippen LogP contribution >= 0.6 is 11.3 Å². The zero-order valence-corrected chi connectivity index (χ0v) is 22.1. The van der Waals surface area contributed by atoms with Crippen molar-refractivity contribution in [1.29, 1.82) is 5.26 Å². The molecule has 0 radical (unpaired) electrons. The molecule has 0 aromatic carbocycles. The molecule has 5 heterocycles. The average Bonchev–Trinajstić information content (AvgIpc) is 3.66. The fourth-order valence-electron chi connectivity index (χ4n) is 4.57. The summed E-state index contributed by atoms with van der Waals surface area (Å²) >= 11 is 1.23. The molecule has 0 saturated carbocycles. The standard InChI is InChI=1S/C26H27N9O2S/c1-15(2)31-21-10-22(23-7-6-18-9-17(11-27)12-30-35(18)23)29-14-20(21)24-32-33-25(38-24)26(37)34-8-4-5-19(34)13-28-16(3)36/h6-7,9-10,12,14-15,19H,4-5,8,13H2,1-3H3,(H,28,36)(H,29,31)/t19-/m1/s1. The molecule has 1 aliphatic heterocycles. The van der Waals surface area contributed by atoms with Gasteiger partial charge in [-0.05, 0) is 51.0 Å². The molecule has 1 saturated heterocycles. The van der Waals surface area contributed by atoms with E-state index in [2.05, 4.69) is 37.0 Å². The van der Waals surface area contributed by atoms with Crippen molar-refractivity contribution in [1.82, 2.24) is 35.0 Å². The summed E-state index contributed by atoms with van der Waals surface area (Å²) in [5, 5.41) is 29.3. The van der Waals surface area contributed by atoms with Crippen molar-refractivity contribution < 1.29 is 9.59 Å². The number of carbonyl (C=O) groups is 2. The van der Waals surface area contributed by atoms with E-state index in [-0.39, 0.29) is 23.9 Å². The zero-order chi connectivity index (χ0) is 26.8. The van der Waals surface area contributed by atoms with Crippen LogP contribution < -0.4 is 10.6 Å². The third-order valence-electron chi connectivity index (χ3n) is 6.30. The van der Waals surface area contributed by atoms with Gasteiger partial charge in [-0.1, -0.05) is 11.3 Å². The summed E-state index contributed by atoms with van der Waals surface area (Å²) in [5.41, 5.74) is 4.34. The number of anilines is 1. The van der Waals surface area contributed by atoms with Gasteiger partial charge in [0.15, 0.2) is 5.01 Å². The van der Waals surface area contributed by atoms with Crippen LogP contribution in [0.15, 0.2) is 36.7 Å². The Bertz CT molecular complexity index is 1550. The summed E-state index contributed by atoms with van der Waals surface area (Å²) in [6, 6.07) is 9.72. The Labute approximate surface area is 223 Å². The van der Waals surface area contributed by atoms with Crippen LogP contribution in [0.3, 0.4) is 0 Å². The molecule has 38 heavy (non-hydrogen) atoms. The molecule has 0 spiro atoms. The molecule has 0 unspecified atom stereocenters. The average molecular weight is 530 g/mol. The summed E-state index contributed by atoms with van der Waals surface area (Å²) < 4.78 is 1.75. The van der Waals surface area contributed by atoms with E-state index >= 15 is 0 Å². The second-order valence-corrected chi connectivity index (χ2v) is 10.4. The number of fused-ring (bicyclic) bond motifs is 1. The lowest BCUT2D eigenvalue weighted by Crippen LogP contribution is -2.42. The number of nitrogens with one attached hydrogen (secondary N) is 2. The van der Waals surface area contributed by atoms with Gasteiger partial charge in [-0.3, -0.25) is 14.6 Å². The summed E-state index contributed by atoms with van der Waals surface area (Å²) in [7, 11) is 0. The Balaban J connectivity index is 1.44. The van der Waals surface area contributed by atoms with Crippen LogP contribution in [0, 0.1) is 11.3 Å². The first kappa shape index (κ1) is 25.3. The number of nitriles is 1. The number of carbonyl (C=O) groups excluding carboxylic acids is 2. The van der Waals surface area contributed by atoms with Gasteiger partial charge < -0.3 is 15.5 Å². The van der Waals surface area contributed by atoms with Gasteiger partial charge in [-0.2, -0.15) is 10.4 Å². The highest BCUT2D eigenvalue weighted by atomic mass is 32.1. The summed E-state index contributed by atoms with van der Waals surface area (Å²) in [5.74, 6) is -0.286. The number of aromatic nitrogens is 5. The minimum absolute atomic E-state index is 0.0485. The van der Waals surface area contributed by atoms with Gasteiger partial charge in [0, 0.05) is 44.0 Å². The van der Waals surface area contributed by atoms with Gasteiger partial charge in [-0.25, -0.2) is 4.52 Å². The summed E-state index contributed by atoms with van der Waals surface area (Å²) in [6.07, 6.45) is 4.98. The van der Waals surface area contributed by atoms with Crippen LogP contribution in [-0.2, 0) is 4.79 Å². The smallest absolute Gasteiger partial charge is 0.285 e. The molecular formula is C26H27N9O2S. The van der Waals surface area contributed by atoms with Gasteiger partial charge in [-0.15, -0.1) is 10.2 Å².